The van der Waals surface area contributed by atoms with Crippen LogP contribution in [0.15, 0.2) is 6.20 Å². The molecule has 118 valence electrons. The molecule has 1 aromatic heterocycles. The normalized spacial score (nSPS) is 10.9. The SMILES string of the molecule is Cc1cn(CCCCC(=O)CN(C)C(=O)CN(C)C)nn1. The van der Waals surface area contributed by atoms with Gasteiger partial charge < -0.3 is 9.80 Å². The Balaban J connectivity index is 2.17. The summed E-state index contributed by atoms with van der Waals surface area (Å²) in [5.74, 6) is 0.0609. The molecular formula is C14H25N5O2. The van der Waals surface area contributed by atoms with Gasteiger partial charge in [0.25, 0.3) is 0 Å². The molecule has 7 nitrogen and oxygen atoms in total. The number of carbonyl (C=O) groups excluding carboxylic acids is 2. The highest BCUT2D eigenvalue weighted by molar-refractivity contribution is 5.86. The lowest BCUT2D eigenvalue weighted by atomic mass is 10.1. The number of unbranched alkanes of at least 4 members (excludes halogenated alkanes) is 1. The van der Waals surface area contributed by atoms with Gasteiger partial charge in [0.05, 0.1) is 18.8 Å². The Labute approximate surface area is 125 Å². The van der Waals surface area contributed by atoms with Crippen molar-refractivity contribution in [1.29, 1.82) is 0 Å². The first-order valence-electron chi connectivity index (χ1n) is 7.15. The first kappa shape index (κ1) is 17.3. The molecule has 0 aliphatic heterocycles. The molecule has 0 saturated carbocycles. The summed E-state index contributed by atoms with van der Waals surface area (Å²) in [6.45, 7) is 3.18. The van der Waals surface area contributed by atoms with Crippen LogP contribution in [0.5, 0.6) is 0 Å². The van der Waals surface area contributed by atoms with Gasteiger partial charge in [-0.2, -0.15) is 0 Å². The molecule has 1 aromatic rings. The lowest BCUT2D eigenvalue weighted by Crippen LogP contribution is -2.38. The molecule has 0 saturated heterocycles. The summed E-state index contributed by atoms with van der Waals surface area (Å²) in [6, 6.07) is 0. The van der Waals surface area contributed by atoms with E-state index in [1.165, 1.54) is 4.90 Å². The first-order valence-corrected chi connectivity index (χ1v) is 7.15. The molecule has 0 unspecified atom stereocenters. The number of hydrogen-bond donors (Lipinski definition) is 0. The maximum atomic E-state index is 11.8. The van der Waals surface area contributed by atoms with Crippen molar-refractivity contribution in [3.63, 3.8) is 0 Å². The van der Waals surface area contributed by atoms with Gasteiger partial charge in [-0.15, -0.1) is 5.10 Å². The highest BCUT2D eigenvalue weighted by atomic mass is 16.2. The lowest BCUT2D eigenvalue weighted by Gasteiger charge is -2.18. The highest BCUT2D eigenvalue weighted by Gasteiger charge is 2.13. The van der Waals surface area contributed by atoms with Crippen LogP contribution < -0.4 is 0 Å². The number of aromatic nitrogens is 3. The second kappa shape index (κ2) is 8.51. The molecule has 0 spiro atoms. The van der Waals surface area contributed by atoms with E-state index in [2.05, 4.69) is 10.3 Å². The van der Waals surface area contributed by atoms with Crippen LogP contribution in [0, 0.1) is 6.92 Å². The molecule has 0 aromatic carbocycles. The third-order valence-corrected chi connectivity index (χ3v) is 3.04. The molecule has 0 aliphatic carbocycles. The third kappa shape index (κ3) is 6.99. The van der Waals surface area contributed by atoms with Crippen LogP contribution >= 0.6 is 0 Å². The van der Waals surface area contributed by atoms with E-state index in [4.69, 9.17) is 0 Å². The third-order valence-electron chi connectivity index (χ3n) is 3.04. The van der Waals surface area contributed by atoms with E-state index in [1.54, 1.807) is 16.6 Å². The molecule has 0 bridgehead atoms. The number of amides is 1. The second-order valence-corrected chi connectivity index (χ2v) is 5.61. The Hall–Kier alpha value is -1.76. The van der Waals surface area contributed by atoms with Gasteiger partial charge in [0.15, 0.2) is 5.78 Å². The van der Waals surface area contributed by atoms with Crippen LogP contribution in [-0.2, 0) is 16.1 Å². The zero-order valence-corrected chi connectivity index (χ0v) is 13.4. The monoisotopic (exact) mass is 295 g/mol. The highest BCUT2D eigenvalue weighted by Crippen LogP contribution is 2.01. The summed E-state index contributed by atoms with van der Waals surface area (Å²) in [6.07, 6.45) is 4.06. The Morgan fingerprint density at radius 3 is 2.48 bits per heavy atom. The fraction of sp³-hybridized carbons (Fsp3) is 0.714. The zero-order valence-electron chi connectivity index (χ0n) is 13.4. The molecule has 0 N–H and O–H groups in total. The minimum Gasteiger partial charge on any atom is -0.337 e. The van der Waals surface area contributed by atoms with E-state index in [0.29, 0.717) is 13.0 Å². The summed E-state index contributed by atoms with van der Waals surface area (Å²) in [7, 11) is 5.33. The Bertz CT molecular complexity index is 470. The van der Waals surface area contributed by atoms with E-state index in [-0.39, 0.29) is 18.2 Å². The van der Waals surface area contributed by atoms with E-state index in [9.17, 15) is 9.59 Å². The Kier molecular flexibility index (Phi) is 7.01. The summed E-state index contributed by atoms with van der Waals surface area (Å²) in [4.78, 5) is 26.8. The van der Waals surface area contributed by atoms with E-state index in [0.717, 1.165) is 25.1 Å². The number of hydrogen-bond acceptors (Lipinski definition) is 5. The van der Waals surface area contributed by atoms with Crippen LogP contribution in [0.2, 0.25) is 0 Å². The van der Waals surface area contributed by atoms with Crippen molar-refractivity contribution in [1.82, 2.24) is 24.8 Å². The van der Waals surface area contributed by atoms with Crippen molar-refractivity contribution in [2.45, 2.75) is 32.7 Å². The van der Waals surface area contributed by atoms with Crippen molar-refractivity contribution in [2.24, 2.45) is 0 Å². The fourth-order valence-electron chi connectivity index (χ4n) is 1.92. The number of nitrogens with zero attached hydrogens (tertiary/aromatic N) is 5. The molecule has 0 atom stereocenters. The van der Waals surface area contributed by atoms with E-state index < -0.39 is 0 Å². The smallest absolute Gasteiger partial charge is 0.236 e. The standard InChI is InChI=1S/C14H25N5O2/c1-12-9-19(16-15-12)8-6-5-7-13(20)10-18(4)14(21)11-17(2)3/h9H,5-8,10-11H2,1-4H3. The number of rotatable bonds is 9. The van der Waals surface area contributed by atoms with Gasteiger partial charge >= 0.3 is 0 Å². The quantitative estimate of drug-likeness (QED) is 0.615. The van der Waals surface area contributed by atoms with Gasteiger partial charge in [-0.05, 0) is 33.9 Å². The van der Waals surface area contributed by atoms with Crippen LogP contribution in [0.3, 0.4) is 0 Å². The molecule has 1 rings (SSSR count). The largest absolute Gasteiger partial charge is 0.337 e. The van der Waals surface area contributed by atoms with Crippen molar-refractivity contribution in [3.8, 4) is 0 Å². The van der Waals surface area contributed by atoms with Gasteiger partial charge in [-0.3, -0.25) is 14.3 Å². The van der Waals surface area contributed by atoms with Crippen molar-refractivity contribution in [3.05, 3.63) is 11.9 Å². The van der Waals surface area contributed by atoms with Crippen molar-refractivity contribution in [2.75, 3.05) is 34.2 Å². The van der Waals surface area contributed by atoms with Gasteiger partial charge in [0.1, 0.15) is 0 Å². The van der Waals surface area contributed by atoms with Crippen LogP contribution in [0.1, 0.15) is 25.0 Å². The first-order chi connectivity index (χ1) is 9.88. The average molecular weight is 295 g/mol. The molecule has 1 heterocycles. The average Bonchev–Trinajstić information content (AvgIpc) is 2.79. The summed E-state index contributed by atoms with van der Waals surface area (Å²) >= 11 is 0. The molecule has 1 amide bonds. The number of Topliss-reactive ketones (excluding diaryl/α,β-unsaturated/α-hetero) is 1. The number of aryl methyl sites for hydroxylation is 2. The fourth-order valence-corrected chi connectivity index (χ4v) is 1.92. The van der Waals surface area contributed by atoms with Gasteiger partial charge in [-0.25, -0.2) is 0 Å². The second-order valence-electron chi connectivity index (χ2n) is 5.61. The maximum absolute atomic E-state index is 11.8. The minimum atomic E-state index is -0.0357. The van der Waals surface area contributed by atoms with E-state index >= 15 is 0 Å². The molecule has 0 radical (unpaired) electrons. The molecule has 0 aliphatic rings. The predicted octanol–water partition coefficient (Wildman–Crippen LogP) is 0.346. The maximum Gasteiger partial charge on any atom is 0.236 e. The number of likely N-dealkylation sites (N-methyl/N-ethyl adjacent to an activating group) is 2. The lowest BCUT2D eigenvalue weighted by molar-refractivity contribution is -0.134. The molecular weight excluding hydrogens is 270 g/mol. The van der Waals surface area contributed by atoms with Crippen LogP contribution in [-0.4, -0.2) is 70.7 Å². The summed E-state index contributed by atoms with van der Waals surface area (Å²) in [5, 5.41) is 7.87. The van der Waals surface area contributed by atoms with Gasteiger partial charge in [0, 0.05) is 26.2 Å². The summed E-state index contributed by atoms with van der Waals surface area (Å²) < 4.78 is 1.78. The topological polar surface area (TPSA) is 71.3 Å². The van der Waals surface area contributed by atoms with Gasteiger partial charge in [-0.1, -0.05) is 5.21 Å². The van der Waals surface area contributed by atoms with Crippen LogP contribution in [0.25, 0.3) is 0 Å². The molecule has 0 fully saturated rings. The predicted molar refractivity (Wildman–Crippen MR) is 79.8 cm³/mol. The molecule has 7 heteroatoms. The zero-order chi connectivity index (χ0) is 15.8. The van der Waals surface area contributed by atoms with E-state index in [1.807, 2.05) is 27.2 Å². The van der Waals surface area contributed by atoms with Crippen molar-refractivity contribution >= 4 is 11.7 Å². The van der Waals surface area contributed by atoms with Crippen molar-refractivity contribution < 1.29 is 9.59 Å². The Morgan fingerprint density at radius 2 is 1.90 bits per heavy atom. The minimum absolute atomic E-state index is 0.0357. The number of ketones is 1. The number of carbonyl (C=O) groups is 2. The summed E-state index contributed by atoms with van der Waals surface area (Å²) in [5.41, 5.74) is 0.895. The molecule has 21 heavy (non-hydrogen) atoms. The van der Waals surface area contributed by atoms with Crippen LogP contribution in [0.4, 0.5) is 0 Å². The van der Waals surface area contributed by atoms with Gasteiger partial charge in [0.2, 0.25) is 5.91 Å². The Morgan fingerprint density at radius 1 is 1.19 bits per heavy atom.